The van der Waals surface area contributed by atoms with Gasteiger partial charge in [0.05, 0.1) is 5.69 Å². The van der Waals surface area contributed by atoms with Gasteiger partial charge < -0.3 is 15.2 Å². The Kier molecular flexibility index (Phi) is 3.78. The van der Waals surface area contributed by atoms with E-state index in [-0.39, 0.29) is 0 Å². The zero-order chi connectivity index (χ0) is 13.2. The molecule has 2 aliphatic rings. The highest BCUT2D eigenvalue weighted by atomic mass is 15.3. The molecule has 0 spiro atoms. The third-order valence-corrected chi connectivity index (χ3v) is 4.71. The second kappa shape index (κ2) is 5.53. The highest BCUT2D eigenvalue weighted by Crippen LogP contribution is 2.34. The Labute approximate surface area is 116 Å². The Bertz CT molecular complexity index is 420. The first-order valence-electron chi connectivity index (χ1n) is 7.82. The van der Waals surface area contributed by atoms with E-state index in [9.17, 15) is 0 Å². The van der Waals surface area contributed by atoms with Crippen LogP contribution in [0.1, 0.15) is 56.7 Å². The van der Waals surface area contributed by atoms with Crippen LogP contribution in [0.2, 0.25) is 0 Å². The van der Waals surface area contributed by atoms with E-state index >= 15 is 0 Å². The number of anilines is 1. The number of hydrogen-bond acceptors (Lipinski definition) is 3. The lowest BCUT2D eigenvalue weighted by atomic mass is 10.0. The molecule has 106 valence electrons. The van der Waals surface area contributed by atoms with Crippen LogP contribution in [-0.2, 0) is 0 Å². The summed E-state index contributed by atoms with van der Waals surface area (Å²) in [5.74, 6) is 1.18. The van der Waals surface area contributed by atoms with Gasteiger partial charge in [-0.15, -0.1) is 0 Å². The molecule has 4 heteroatoms. The van der Waals surface area contributed by atoms with Gasteiger partial charge in [0.15, 0.2) is 0 Å². The topological polar surface area (TPSA) is 47.1 Å². The normalized spacial score (nSPS) is 25.2. The van der Waals surface area contributed by atoms with Crippen LogP contribution in [0, 0.1) is 6.92 Å². The summed E-state index contributed by atoms with van der Waals surface area (Å²) in [6.45, 7) is 3.97. The summed E-state index contributed by atoms with van der Waals surface area (Å²) in [6.07, 6.45) is 11.4. The molecule has 1 saturated carbocycles. The largest absolute Gasteiger partial charge is 0.338 e. The van der Waals surface area contributed by atoms with Crippen molar-refractivity contribution in [1.29, 1.82) is 0 Å². The number of rotatable bonds is 3. The van der Waals surface area contributed by atoms with E-state index in [4.69, 9.17) is 10.7 Å². The minimum Gasteiger partial charge on any atom is -0.338 e. The minimum atomic E-state index is 0.482. The fourth-order valence-electron chi connectivity index (χ4n) is 3.68. The molecule has 2 N–H and O–H groups in total. The summed E-state index contributed by atoms with van der Waals surface area (Å²) in [5.41, 5.74) is 7.10. The Hall–Kier alpha value is -1.03. The molecule has 0 radical (unpaired) electrons. The maximum atomic E-state index is 5.96. The van der Waals surface area contributed by atoms with E-state index in [1.54, 1.807) is 0 Å². The van der Waals surface area contributed by atoms with Crippen molar-refractivity contribution in [3.8, 4) is 0 Å². The van der Waals surface area contributed by atoms with Crippen LogP contribution >= 0.6 is 0 Å². The van der Waals surface area contributed by atoms with Crippen LogP contribution in [0.3, 0.4) is 0 Å². The molecule has 19 heavy (non-hydrogen) atoms. The van der Waals surface area contributed by atoms with Gasteiger partial charge in [-0.3, -0.25) is 0 Å². The summed E-state index contributed by atoms with van der Waals surface area (Å²) < 4.78 is 2.44. The molecule has 0 bridgehead atoms. The summed E-state index contributed by atoms with van der Waals surface area (Å²) in [6, 6.07) is 1.15. The molecule has 3 rings (SSSR count). The zero-order valence-electron chi connectivity index (χ0n) is 12.0. The third kappa shape index (κ3) is 2.50. The predicted octanol–water partition coefficient (Wildman–Crippen LogP) is 2.62. The highest BCUT2D eigenvalue weighted by molar-refractivity contribution is 5.37. The number of nitrogens with zero attached hydrogens (tertiary/aromatic N) is 3. The second-order valence-corrected chi connectivity index (χ2v) is 6.11. The van der Waals surface area contributed by atoms with Gasteiger partial charge in [0.2, 0.25) is 5.95 Å². The highest BCUT2D eigenvalue weighted by Gasteiger charge is 2.28. The van der Waals surface area contributed by atoms with Gasteiger partial charge in [-0.05, 0) is 39.0 Å². The molecular formula is C15H26N4. The van der Waals surface area contributed by atoms with E-state index in [1.807, 2.05) is 0 Å². The third-order valence-electron chi connectivity index (χ3n) is 4.71. The molecule has 1 aromatic heterocycles. The maximum Gasteiger partial charge on any atom is 0.206 e. The number of hydrogen-bond donors (Lipinski definition) is 1. The monoisotopic (exact) mass is 262 g/mol. The van der Waals surface area contributed by atoms with Crippen LogP contribution in [0.25, 0.3) is 0 Å². The quantitative estimate of drug-likeness (QED) is 0.911. The SMILES string of the molecule is Cc1cn(C2CCCC2)c(N2CCCCC2CN)n1. The molecule has 1 aliphatic heterocycles. The Balaban J connectivity index is 1.89. The maximum absolute atomic E-state index is 5.96. The van der Waals surface area contributed by atoms with E-state index in [1.165, 1.54) is 50.9 Å². The average Bonchev–Trinajstić information content (AvgIpc) is 3.07. The van der Waals surface area contributed by atoms with Gasteiger partial charge in [0.1, 0.15) is 0 Å². The lowest BCUT2D eigenvalue weighted by Gasteiger charge is -2.36. The molecule has 0 amide bonds. The number of piperidine rings is 1. The summed E-state index contributed by atoms with van der Waals surface area (Å²) in [7, 11) is 0. The first-order chi connectivity index (χ1) is 9.29. The number of aromatic nitrogens is 2. The Morgan fingerprint density at radius 2 is 1.95 bits per heavy atom. The van der Waals surface area contributed by atoms with E-state index in [0.29, 0.717) is 12.1 Å². The first kappa shape index (κ1) is 13.0. The summed E-state index contributed by atoms with van der Waals surface area (Å²) in [4.78, 5) is 7.28. The predicted molar refractivity (Wildman–Crippen MR) is 78.5 cm³/mol. The number of nitrogens with two attached hydrogens (primary N) is 1. The van der Waals surface area contributed by atoms with E-state index < -0.39 is 0 Å². The first-order valence-corrected chi connectivity index (χ1v) is 7.82. The molecule has 2 heterocycles. The van der Waals surface area contributed by atoms with Crippen LogP contribution in [0.4, 0.5) is 5.95 Å². The van der Waals surface area contributed by atoms with Gasteiger partial charge in [0, 0.05) is 31.4 Å². The molecular weight excluding hydrogens is 236 g/mol. The molecule has 4 nitrogen and oxygen atoms in total. The van der Waals surface area contributed by atoms with E-state index in [2.05, 4.69) is 22.6 Å². The van der Waals surface area contributed by atoms with Gasteiger partial charge in [-0.2, -0.15) is 0 Å². The molecule has 0 aromatic carbocycles. The Morgan fingerprint density at radius 3 is 2.68 bits per heavy atom. The number of imidazole rings is 1. The van der Waals surface area contributed by atoms with E-state index in [0.717, 1.165) is 18.8 Å². The van der Waals surface area contributed by atoms with Crippen molar-refractivity contribution in [3.05, 3.63) is 11.9 Å². The average molecular weight is 262 g/mol. The molecule has 1 aromatic rings. The zero-order valence-corrected chi connectivity index (χ0v) is 12.0. The van der Waals surface area contributed by atoms with Crippen molar-refractivity contribution >= 4 is 5.95 Å². The lowest BCUT2D eigenvalue weighted by molar-refractivity contribution is 0.436. The summed E-state index contributed by atoms with van der Waals surface area (Å²) >= 11 is 0. The standard InChI is InChI=1S/C15H26N4/c1-12-11-19(13-6-2-3-7-13)15(17-12)18-9-5-4-8-14(18)10-16/h11,13-14H,2-10,16H2,1H3. The van der Waals surface area contributed by atoms with Crippen molar-refractivity contribution in [2.75, 3.05) is 18.0 Å². The van der Waals surface area contributed by atoms with Crippen LogP contribution in [0.5, 0.6) is 0 Å². The summed E-state index contributed by atoms with van der Waals surface area (Å²) in [5, 5.41) is 0. The van der Waals surface area contributed by atoms with Crippen LogP contribution in [-0.4, -0.2) is 28.7 Å². The fourth-order valence-corrected chi connectivity index (χ4v) is 3.68. The lowest BCUT2D eigenvalue weighted by Crippen LogP contribution is -2.45. The van der Waals surface area contributed by atoms with Crippen molar-refractivity contribution in [2.24, 2.45) is 5.73 Å². The molecule has 1 atom stereocenters. The smallest absolute Gasteiger partial charge is 0.206 e. The minimum absolute atomic E-state index is 0.482. The second-order valence-electron chi connectivity index (χ2n) is 6.11. The number of aryl methyl sites for hydroxylation is 1. The molecule has 1 saturated heterocycles. The molecule has 1 aliphatic carbocycles. The fraction of sp³-hybridized carbons (Fsp3) is 0.800. The van der Waals surface area contributed by atoms with Crippen LogP contribution in [0.15, 0.2) is 6.20 Å². The van der Waals surface area contributed by atoms with Crippen molar-refractivity contribution in [2.45, 2.75) is 64.0 Å². The molecule has 1 unspecified atom stereocenters. The van der Waals surface area contributed by atoms with Gasteiger partial charge in [0.25, 0.3) is 0 Å². The van der Waals surface area contributed by atoms with Gasteiger partial charge in [-0.25, -0.2) is 4.98 Å². The van der Waals surface area contributed by atoms with Crippen molar-refractivity contribution in [1.82, 2.24) is 9.55 Å². The van der Waals surface area contributed by atoms with Gasteiger partial charge in [-0.1, -0.05) is 12.8 Å². The van der Waals surface area contributed by atoms with Gasteiger partial charge >= 0.3 is 0 Å². The Morgan fingerprint density at radius 1 is 1.21 bits per heavy atom. The van der Waals surface area contributed by atoms with Crippen molar-refractivity contribution in [3.63, 3.8) is 0 Å². The van der Waals surface area contributed by atoms with Crippen LogP contribution < -0.4 is 10.6 Å². The molecule has 2 fully saturated rings. The van der Waals surface area contributed by atoms with Crippen molar-refractivity contribution < 1.29 is 0 Å².